The normalized spacial score (nSPS) is 10.2. The van der Waals surface area contributed by atoms with E-state index in [1.54, 1.807) is 6.20 Å². The molecule has 0 unspecified atom stereocenters. The summed E-state index contributed by atoms with van der Waals surface area (Å²) in [5.74, 6) is 0.801. The second-order valence-electron chi connectivity index (χ2n) is 4.36. The molecule has 94 valence electrons. The van der Waals surface area contributed by atoms with Crippen LogP contribution in [0.1, 0.15) is 11.5 Å². The lowest BCUT2D eigenvalue weighted by Gasteiger charge is -2.18. The summed E-state index contributed by atoms with van der Waals surface area (Å²) in [5, 5.41) is 3.41. The van der Waals surface area contributed by atoms with Gasteiger partial charge in [-0.15, -0.1) is 0 Å². The van der Waals surface area contributed by atoms with Crippen molar-refractivity contribution in [3.8, 4) is 0 Å². The van der Waals surface area contributed by atoms with E-state index in [9.17, 15) is 0 Å². The number of aromatic nitrogens is 2. The smallest absolute Gasteiger partial charge is 0.125 e. The van der Waals surface area contributed by atoms with Gasteiger partial charge in [-0.25, -0.2) is 9.97 Å². The maximum Gasteiger partial charge on any atom is 0.125 e. The van der Waals surface area contributed by atoms with E-state index in [0.29, 0.717) is 6.54 Å². The molecular weight excluding hydrogens is 224 g/mol. The fourth-order valence-electron chi connectivity index (χ4n) is 1.80. The summed E-state index contributed by atoms with van der Waals surface area (Å²) >= 11 is 0. The minimum absolute atomic E-state index is 0.703. The van der Waals surface area contributed by atoms with Gasteiger partial charge in [0.05, 0.1) is 23.6 Å². The number of rotatable bonds is 4. The lowest BCUT2D eigenvalue weighted by molar-refractivity contribution is 0.954. The highest BCUT2D eigenvalue weighted by Gasteiger charge is 2.03. The zero-order valence-electron chi connectivity index (χ0n) is 11.0. The maximum atomic E-state index is 4.38. The highest BCUT2D eigenvalue weighted by atomic mass is 15.1. The summed E-state index contributed by atoms with van der Waals surface area (Å²) in [6.45, 7) is 2.60. The second kappa shape index (κ2) is 5.49. The number of hydrogen-bond donors (Lipinski definition) is 1. The minimum Gasteiger partial charge on any atom is -0.378 e. The molecule has 1 aromatic carbocycles. The predicted molar refractivity (Wildman–Crippen MR) is 74.9 cm³/mol. The Morgan fingerprint density at radius 3 is 2.67 bits per heavy atom. The van der Waals surface area contributed by atoms with E-state index in [0.717, 1.165) is 17.2 Å². The molecule has 1 aromatic heterocycles. The Morgan fingerprint density at radius 1 is 1.17 bits per heavy atom. The van der Waals surface area contributed by atoms with Crippen LogP contribution in [-0.4, -0.2) is 24.1 Å². The third-order valence-corrected chi connectivity index (χ3v) is 2.68. The molecule has 0 spiro atoms. The van der Waals surface area contributed by atoms with Gasteiger partial charge in [-0.2, -0.15) is 0 Å². The third kappa shape index (κ3) is 2.97. The average molecular weight is 242 g/mol. The van der Waals surface area contributed by atoms with Crippen LogP contribution in [0.3, 0.4) is 0 Å². The molecule has 18 heavy (non-hydrogen) atoms. The summed E-state index contributed by atoms with van der Waals surface area (Å²) in [6.07, 6.45) is 1.79. The zero-order chi connectivity index (χ0) is 13.0. The highest BCUT2D eigenvalue weighted by molar-refractivity contribution is 5.69. The largest absolute Gasteiger partial charge is 0.378 e. The summed E-state index contributed by atoms with van der Waals surface area (Å²) in [4.78, 5) is 10.6. The van der Waals surface area contributed by atoms with Gasteiger partial charge in [0.15, 0.2) is 0 Å². The van der Waals surface area contributed by atoms with Gasteiger partial charge in [-0.05, 0) is 25.1 Å². The van der Waals surface area contributed by atoms with Crippen molar-refractivity contribution in [2.45, 2.75) is 13.5 Å². The number of benzene rings is 1. The molecule has 0 aliphatic carbocycles. The Bertz CT molecular complexity index is 523. The molecule has 0 aliphatic rings. The zero-order valence-corrected chi connectivity index (χ0v) is 11.0. The van der Waals surface area contributed by atoms with Gasteiger partial charge in [0.25, 0.3) is 0 Å². The van der Waals surface area contributed by atoms with Crippen LogP contribution in [0.15, 0.2) is 36.5 Å². The van der Waals surface area contributed by atoms with Gasteiger partial charge in [-0.1, -0.05) is 12.1 Å². The fraction of sp³-hybridized carbons (Fsp3) is 0.286. The van der Waals surface area contributed by atoms with Gasteiger partial charge in [0.2, 0.25) is 0 Å². The molecule has 4 heteroatoms. The maximum absolute atomic E-state index is 4.38. The van der Waals surface area contributed by atoms with Crippen LogP contribution in [-0.2, 0) is 6.54 Å². The van der Waals surface area contributed by atoms with Crippen LogP contribution in [0.2, 0.25) is 0 Å². The van der Waals surface area contributed by atoms with Crippen molar-refractivity contribution in [2.75, 3.05) is 24.3 Å². The molecule has 0 saturated heterocycles. The first-order valence-corrected chi connectivity index (χ1v) is 5.95. The molecule has 1 heterocycles. The quantitative estimate of drug-likeness (QED) is 0.894. The van der Waals surface area contributed by atoms with Gasteiger partial charge in [0, 0.05) is 20.3 Å². The predicted octanol–water partition coefficient (Wildman–Crippen LogP) is 2.46. The van der Waals surface area contributed by atoms with Gasteiger partial charge < -0.3 is 10.2 Å². The monoisotopic (exact) mass is 242 g/mol. The van der Waals surface area contributed by atoms with E-state index in [-0.39, 0.29) is 0 Å². The molecule has 0 atom stereocenters. The molecule has 0 radical (unpaired) electrons. The van der Waals surface area contributed by atoms with Gasteiger partial charge in [0.1, 0.15) is 5.82 Å². The van der Waals surface area contributed by atoms with E-state index >= 15 is 0 Å². The van der Waals surface area contributed by atoms with Gasteiger partial charge >= 0.3 is 0 Å². The van der Waals surface area contributed by atoms with Crippen LogP contribution in [0, 0.1) is 6.92 Å². The molecule has 1 N–H and O–H groups in total. The van der Waals surface area contributed by atoms with E-state index in [1.165, 1.54) is 5.69 Å². The molecule has 2 aromatic rings. The number of anilines is 2. The summed E-state index contributed by atoms with van der Waals surface area (Å²) in [5.41, 5.74) is 3.28. The van der Waals surface area contributed by atoms with Crippen LogP contribution in [0.25, 0.3) is 0 Å². The van der Waals surface area contributed by atoms with E-state index < -0.39 is 0 Å². The summed E-state index contributed by atoms with van der Waals surface area (Å²) in [6, 6.07) is 10.2. The molecular formula is C14H18N4. The average Bonchev–Trinajstić information content (AvgIpc) is 2.37. The Kier molecular flexibility index (Phi) is 3.77. The minimum atomic E-state index is 0.703. The number of hydrogen-bond acceptors (Lipinski definition) is 4. The number of nitrogens with zero attached hydrogens (tertiary/aromatic N) is 3. The van der Waals surface area contributed by atoms with Crippen molar-refractivity contribution >= 4 is 11.4 Å². The lowest BCUT2D eigenvalue weighted by Crippen LogP contribution is -2.12. The SMILES string of the molecule is Cc1nccc(CNc2ccccc2N(C)C)n1. The van der Waals surface area contributed by atoms with E-state index in [1.807, 2.05) is 39.2 Å². The second-order valence-corrected chi connectivity index (χ2v) is 4.36. The molecule has 4 nitrogen and oxygen atoms in total. The third-order valence-electron chi connectivity index (χ3n) is 2.68. The van der Waals surface area contributed by atoms with E-state index in [4.69, 9.17) is 0 Å². The number of nitrogens with one attached hydrogen (secondary N) is 1. The highest BCUT2D eigenvalue weighted by Crippen LogP contribution is 2.23. The fourth-order valence-corrected chi connectivity index (χ4v) is 1.80. The molecule has 0 saturated carbocycles. The van der Waals surface area contributed by atoms with Crippen molar-refractivity contribution in [2.24, 2.45) is 0 Å². The summed E-state index contributed by atoms with van der Waals surface area (Å²) in [7, 11) is 4.07. The summed E-state index contributed by atoms with van der Waals surface area (Å²) < 4.78 is 0. The van der Waals surface area contributed by atoms with Crippen molar-refractivity contribution < 1.29 is 0 Å². The lowest BCUT2D eigenvalue weighted by atomic mass is 10.2. The molecule has 0 fully saturated rings. The van der Waals surface area contributed by atoms with Crippen LogP contribution in [0.4, 0.5) is 11.4 Å². The van der Waals surface area contributed by atoms with E-state index in [2.05, 4.69) is 32.3 Å². The first-order chi connectivity index (χ1) is 8.66. The van der Waals surface area contributed by atoms with Crippen molar-refractivity contribution in [1.82, 2.24) is 9.97 Å². The van der Waals surface area contributed by atoms with Crippen molar-refractivity contribution in [3.63, 3.8) is 0 Å². The van der Waals surface area contributed by atoms with Crippen LogP contribution >= 0.6 is 0 Å². The van der Waals surface area contributed by atoms with Crippen LogP contribution in [0.5, 0.6) is 0 Å². The first kappa shape index (κ1) is 12.4. The van der Waals surface area contributed by atoms with Crippen LogP contribution < -0.4 is 10.2 Å². The van der Waals surface area contributed by atoms with Gasteiger partial charge in [-0.3, -0.25) is 0 Å². The topological polar surface area (TPSA) is 41.1 Å². The Labute approximate surface area is 108 Å². The molecule has 0 amide bonds. The molecule has 0 bridgehead atoms. The number of aryl methyl sites for hydroxylation is 1. The Hall–Kier alpha value is -2.10. The Morgan fingerprint density at radius 2 is 1.94 bits per heavy atom. The number of para-hydroxylation sites is 2. The Balaban J connectivity index is 2.11. The van der Waals surface area contributed by atoms with Crippen molar-refractivity contribution in [3.05, 3.63) is 48.0 Å². The molecule has 2 rings (SSSR count). The van der Waals surface area contributed by atoms with Crippen molar-refractivity contribution in [1.29, 1.82) is 0 Å². The molecule has 0 aliphatic heterocycles. The first-order valence-electron chi connectivity index (χ1n) is 5.95. The standard InChI is InChI=1S/C14H18N4/c1-11-15-9-8-12(17-11)10-16-13-6-4-5-7-14(13)18(2)3/h4-9,16H,10H2,1-3H3.